The summed E-state index contributed by atoms with van der Waals surface area (Å²) in [6.45, 7) is 11.4. The molecule has 28 heavy (non-hydrogen) atoms. The van der Waals surface area contributed by atoms with Crippen molar-refractivity contribution in [2.75, 3.05) is 19.6 Å². The molecule has 0 unspecified atom stereocenters. The monoisotopic (exact) mass is 382 g/mol. The van der Waals surface area contributed by atoms with Gasteiger partial charge in [-0.15, -0.1) is 0 Å². The summed E-state index contributed by atoms with van der Waals surface area (Å²) in [5, 5.41) is 16.0. The highest BCUT2D eigenvalue weighted by Crippen LogP contribution is 2.45. The molecule has 1 aliphatic heterocycles. The zero-order chi connectivity index (χ0) is 20.4. The topological polar surface area (TPSA) is 68.2 Å². The van der Waals surface area contributed by atoms with Crippen LogP contribution in [0.2, 0.25) is 0 Å². The van der Waals surface area contributed by atoms with Gasteiger partial charge in [0.2, 0.25) is 0 Å². The van der Waals surface area contributed by atoms with Crippen LogP contribution in [0.1, 0.15) is 64.5 Å². The van der Waals surface area contributed by atoms with Gasteiger partial charge in [0.25, 0.3) is 0 Å². The van der Waals surface area contributed by atoms with Gasteiger partial charge in [0.15, 0.2) is 0 Å². The number of amides is 2. The second-order valence-corrected chi connectivity index (χ2v) is 9.56. The van der Waals surface area contributed by atoms with E-state index in [0.29, 0.717) is 13.1 Å². The van der Waals surface area contributed by atoms with Crippen molar-refractivity contribution in [3.63, 3.8) is 0 Å². The third-order valence-corrected chi connectivity index (χ3v) is 6.59. The number of nitriles is 1. The summed E-state index contributed by atoms with van der Waals surface area (Å²) in [5.41, 5.74) is 2.31. The maximum Gasteiger partial charge on any atom is 0.318 e. The first-order valence-electron chi connectivity index (χ1n) is 10.5. The van der Waals surface area contributed by atoms with E-state index in [2.05, 4.69) is 54.8 Å². The summed E-state index contributed by atoms with van der Waals surface area (Å²) in [4.78, 5) is 14.4. The van der Waals surface area contributed by atoms with Crippen molar-refractivity contribution in [2.45, 2.75) is 70.9 Å². The fraction of sp³-hybridized carbons (Fsp3) is 0.652. The van der Waals surface area contributed by atoms with Crippen molar-refractivity contribution in [3.05, 3.63) is 35.4 Å². The number of hydrogen-bond acceptors (Lipinski definition) is 3. The Morgan fingerprint density at radius 2 is 1.93 bits per heavy atom. The predicted molar refractivity (Wildman–Crippen MR) is 112 cm³/mol. The van der Waals surface area contributed by atoms with E-state index in [0.717, 1.165) is 38.8 Å². The van der Waals surface area contributed by atoms with Crippen molar-refractivity contribution in [1.29, 1.82) is 5.26 Å². The summed E-state index contributed by atoms with van der Waals surface area (Å²) in [7, 11) is 0. The maximum absolute atomic E-state index is 12.5. The van der Waals surface area contributed by atoms with Gasteiger partial charge in [-0.3, -0.25) is 0 Å². The average Bonchev–Trinajstić information content (AvgIpc) is 2.98. The van der Waals surface area contributed by atoms with Gasteiger partial charge in [-0.2, -0.15) is 5.26 Å². The molecule has 1 heterocycles. The standard InChI is InChI=1S/C23H34N4O/c1-5-25-14-18-8-6-7-9-19(18)22(4)10-12-23(13-11-22)17-27(20(28)26-23)16-21(2,3)15-24/h6-9,25H,5,10-14,16-17H2,1-4H3,(H,26,28). The maximum atomic E-state index is 12.5. The van der Waals surface area contributed by atoms with Crippen LogP contribution in [0.4, 0.5) is 4.79 Å². The van der Waals surface area contributed by atoms with Crippen LogP contribution in [0.15, 0.2) is 24.3 Å². The minimum absolute atomic E-state index is 0.0144. The van der Waals surface area contributed by atoms with Crippen LogP contribution in [-0.2, 0) is 12.0 Å². The predicted octanol–water partition coefficient (Wildman–Crippen LogP) is 3.94. The third kappa shape index (κ3) is 4.17. The van der Waals surface area contributed by atoms with E-state index in [9.17, 15) is 10.1 Å². The fourth-order valence-electron chi connectivity index (χ4n) is 4.78. The minimum Gasteiger partial charge on any atom is -0.331 e. The lowest BCUT2D eigenvalue weighted by Crippen LogP contribution is -2.49. The van der Waals surface area contributed by atoms with E-state index in [1.807, 2.05) is 18.7 Å². The smallest absolute Gasteiger partial charge is 0.318 e. The van der Waals surface area contributed by atoms with Gasteiger partial charge in [-0.25, -0.2) is 4.79 Å². The molecule has 1 aromatic rings. The van der Waals surface area contributed by atoms with E-state index in [4.69, 9.17) is 0 Å². The van der Waals surface area contributed by atoms with E-state index in [-0.39, 0.29) is 17.0 Å². The number of carbonyl (C=O) groups is 1. The van der Waals surface area contributed by atoms with Gasteiger partial charge in [0.05, 0.1) is 17.0 Å². The SMILES string of the molecule is CCNCc1ccccc1C1(C)CCC2(CC1)CN(CC(C)(C)C#N)C(=O)N2. The number of carbonyl (C=O) groups excluding carboxylic acids is 1. The molecule has 0 radical (unpaired) electrons. The first-order valence-corrected chi connectivity index (χ1v) is 10.5. The van der Waals surface area contributed by atoms with E-state index >= 15 is 0 Å². The van der Waals surface area contributed by atoms with E-state index in [1.165, 1.54) is 11.1 Å². The van der Waals surface area contributed by atoms with Crippen LogP contribution < -0.4 is 10.6 Å². The lowest BCUT2D eigenvalue weighted by Gasteiger charge is -2.44. The summed E-state index contributed by atoms with van der Waals surface area (Å²) >= 11 is 0. The molecule has 1 aliphatic carbocycles. The second kappa shape index (κ2) is 7.75. The molecule has 1 saturated heterocycles. The Morgan fingerprint density at radius 1 is 1.25 bits per heavy atom. The molecule has 2 N–H and O–H groups in total. The van der Waals surface area contributed by atoms with E-state index in [1.54, 1.807) is 0 Å². The van der Waals surface area contributed by atoms with Crippen LogP contribution >= 0.6 is 0 Å². The fourth-order valence-corrected chi connectivity index (χ4v) is 4.78. The Hall–Kier alpha value is -2.06. The van der Waals surface area contributed by atoms with Crippen molar-refractivity contribution >= 4 is 6.03 Å². The largest absolute Gasteiger partial charge is 0.331 e. The molecular weight excluding hydrogens is 348 g/mol. The number of urea groups is 1. The molecule has 0 aromatic heterocycles. The Bertz CT molecular complexity index is 756. The van der Waals surface area contributed by atoms with Crippen LogP contribution in [0.3, 0.4) is 0 Å². The average molecular weight is 383 g/mol. The van der Waals surface area contributed by atoms with Gasteiger partial charge in [0.1, 0.15) is 0 Å². The summed E-state index contributed by atoms with van der Waals surface area (Å²) in [5.74, 6) is 0. The van der Waals surface area contributed by atoms with Gasteiger partial charge in [0, 0.05) is 19.6 Å². The molecule has 1 saturated carbocycles. The van der Waals surface area contributed by atoms with Gasteiger partial charge in [-0.05, 0) is 62.6 Å². The number of rotatable bonds is 6. The van der Waals surface area contributed by atoms with Crippen LogP contribution in [0.5, 0.6) is 0 Å². The number of nitrogens with zero attached hydrogens (tertiary/aromatic N) is 2. The Balaban J connectivity index is 1.71. The summed E-state index contributed by atoms with van der Waals surface area (Å²) < 4.78 is 0. The van der Waals surface area contributed by atoms with E-state index < -0.39 is 5.41 Å². The molecular formula is C23H34N4O. The van der Waals surface area contributed by atoms with Crippen molar-refractivity contribution < 1.29 is 4.79 Å². The summed E-state index contributed by atoms with van der Waals surface area (Å²) in [6, 6.07) is 11.1. The minimum atomic E-state index is -0.517. The lowest BCUT2D eigenvalue weighted by molar-refractivity contribution is 0.180. The molecule has 1 spiro atoms. The lowest BCUT2D eigenvalue weighted by atomic mass is 9.64. The first kappa shape index (κ1) is 20.7. The molecule has 2 amide bonds. The van der Waals surface area contributed by atoms with Crippen LogP contribution in [0, 0.1) is 16.7 Å². The van der Waals surface area contributed by atoms with Crippen LogP contribution in [0.25, 0.3) is 0 Å². The molecule has 0 atom stereocenters. The third-order valence-electron chi connectivity index (χ3n) is 6.59. The number of benzene rings is 1. The molecule has 152 valence electrons. The second-order valence-electron chi connectivity index (χ2n) is 9.56. The molecule has 1 aromatic carbocycles. The Labute approximate surface area is 169 Å². The first-order chi connectivity index (χ1) is 13.2. The highest BCUT2D eigenvalue weighted by molar-refractivity contribution is 5.78. The highest BCUT2D eigenvalue weighted by Gasteiger charge is 2.48. The van der Waals surface area contributed by atoms with Gasteiger partial charge in [-0.1, -0.05) is 38.1 Å². The normalized spacial score (nSPS) is 27.7. The molecule has 2 aliphatic rings. The summed E-state index contributed by atoms with van der Waals surface area (Å²) in [6.07, 6.45) is 4.08. The highest BCUT2D eigenvalue weighted by atomic mass is 16.2. The van der Waals surface area contributed by atoms with Crippen molar-refractivity contribution in [2.24, 2.45) is 5.41 Å². The molecule has 5 nitrogen and oxygen atoms in total. The molecule has 2 fully saturated rings. The number of nitrogens with one attached hydrogen (secondary N) is 2. The van der Waals surface area contributed by atoms with Crippen molar-refractivity contribution in [3.8, 4) is 6.07 Å². The molecule has 0 bridgehead atoms. The number of hydrogen-bond donors (Lipinski definition) is 2. The Morgan fingerprint density at radius 3 is 2.57 bits per heavy atom. The van der Waals surface area contributed by atoms with Gasteiger partial charge < -0.3 is 15.5 Å². The Kier molecular flexibility index (Phi) is 5.72. The zero-order valence-corrected chi connectivity index (χ0v) is 17.8. The molecule has 5 heteroatoms. The molecule has 3 rings (SSSR count). The quantitative estimate of drug-likeness (QED) is 0.783. The van der Waals surface area contributed by atoms with Crippen molar-refractivity contribution in [1.82, 2.24) is 15.5 Å². The van der Waals surface area contributed by atoms with Crippen LogP contribution in [-0.4, -0.2) is 36.1 Å². The zero-order valence-electron chi connectivity index (χ0n) is 17.8. The van der Waals surface area contributed by atoms with Gasteiger partial charge >= 0.3 is 6.03 Å².